The lowest BCUT2D eigenvalue weighted by Gasteiger charge is -2.21. The molecule has 2 aromatic rings. The Labute approximate surface area is 158 Å². The van der Waals surface area contributed by atoms with Gasteiger partial charge in [0.2, 0.25) is 11.8 Å². The van der Waals surface area contributed by atoms with Crippen LogP contribution in [0.25, 0.3) is 6.08 Å². The van der Waals surface area contributed by atoms with Crippen LogP contribution in [0.1, 0.15) is 28.1 Å². The molecule has 25 heavy (non-hydrogen) atoms. The molecule has 1 aliphatic heterocycles. The van der Waals surface area contributed by atoms with E-state index in [9.17, 15) is 9.59 Å². The molecular formula is C18H18BrN3O2S. The molecule has 2 amide bonds. The summed E-state index contributed by atoms with van der Waals surface area (Å²) in [7, 11) is 0. The summed E-state index contributed by atoms with van der Waals surface area (Å²) in [5.74, 6) is -0.756. The Morgan fingerprint density at radius 1 is 1.20 bits per heavy atom. The van der Waals surface area contributed by atoms with Crippen molar-refractivity contribution in [1.29, 1.82) is 0 Å². The van der Waals surface area contributed by atoms with Crippen molar-refractivity contribution < 1.29 is 9.59 Å². The van der Waals surface area contributed by atoms with Crippen LogP contribution in [0.15, 0.2) is 40.2 Å². The van der Waals surface area contributed by atoms with Crippen molar-refractivity contribution >= 4 is 56.5 Å². The third-order valence-corrected chi connectivity index (χ3v) is 5.57. The maximum absolute atomic E-state index is 12.3. The fraction of sp³-hybridized carbons (Fsp3) is 0.222. The molecule has 0 spiro atoms. The summed E-state index contributed by atoms with van der Waals surface area (Å²) in [5.41, 5.74) is 7.28. The fourth-order valence-corrected chi connectivity index (χ4v) is 4.10. The molecule has 0 saturated carbocycles. The molecule has 1 aromatic heterocycles. The van der Waals surface area contributed by atoms with E-state index in [1.807, 2.05) is 18.2 Å². The molecule has 0 bridgehead atoms. The van der Waals surface area contributed by atoms with Crippen molar-refractivity contribution in [2.45, 2.75) is 12.8 Å². The predicted molar refractivity (Wildman–Crippen MR) is 106 cm³/mol. The van der Waals surface area contributed by atoms with Gasteiger partial charge >= 0.3 is 0 Å². The first-order valence-corrected chi connectivity index (χ1v) is 9.57. The lowest BCUT2D eigenvalue weighted by molar-refractivity contribution is -0.111. The maximum Gasteiger partial charge on any atom is 0.248 e. The van der Waals surface area contributed by atoms with Gasteiger partial charge in [0.05, 0.1) is 15.2 Å². The van der Waals surface area contributed by atoms with Crippen molar-refractivity contribution in [2.75, 3.05) is 23.3 Å². The van der Waals surface area contributed by atoms with Crippen LogP contribution in [0, 0.1) is 0 Å². The third-order valence-electron chi connectivity index (χ3n) is 3.98. The highest BCUT2D eigenvalue weighted by Gasteiger charge is 2.18. The predicted octanol–water partition coefficient (Wildman–Crippen LogP) is 3.86. The van der Waals surface area contributed by atoms with E-state index in [0.29, 0.717) is 11.3 Å². The van der Waals surface area contributed by atoms with Gasteiger partial charge in [0, 0.05) is 29.6 Å². The topological polar surface area (TPSA) is 75.4 Å². The van der Waals surface area contributed by atoms with Crippen LogP contribution in [0.2, 0.25) is 0 Å². The quantitative estimate of drug-likeness (QED) is 0.722. The Bertz CT molecular complexity index is 825. The van der Waals surface area contributed by atoms with Crippen molar-refractivity contribution in [3.8, 4) is 0 Å². The molecule has 1 aliphatic rings. The minimum absolute atomic E-state index is 0.244. The minimum atomic E-state index is -0.512. The van der Waals surface area contributed by atoms with Gasteiger partial charge in [0.15, 0.2) is 0 Å². The molecule has 1 fully saturated rings. The van der Waals surface area contributed by atoms with E-state index in [1.165, 1.54) is 6.08 Å². The summed E-state index contributed by atoms with van der Waals surface area (Å²) in [6.07, 6.45) is 5.50. The van der Waals surface area contributed by atoms with Crippen molar-refractivity contribution in [3.05, 3.63) is 50.6 Å². The largest absolute Gasteiger partial charge is 0.370 e. The number of nitrogens with zero attached hydrogens (tertiary/aromatic N) is 1. The first-order valence-electron chi connectivity index (χ1n) is 7.96. The molecule has 1 aromatic carbocycles. The molecule has 0 aliphatic carbocycles. The molecule has 1 saturated heterocycles. The maximum atomic E-state index is 12.3. The van der Waals surface area contributed by atoms with E-state index < -0.39 is 5.91 Å². The van der Waals surface area contributed by atoms with E-state index in [4.69, 9.17) is 5.73 Å². The molecule has 3 rings (SSSR count). The summed E-state index contributed by atoms with van der Waals surface area (Å²) < 4.78 is 1.01. The summed E-state index contributed by atoms with van der Waals surface area (Å²) >= 11 is 4.94. The highest BCUT2D eigenvalue weighted by Crippen LogP contribution is 2.30. The number of hydrogen-bond acceptors (Lipinski definition) is 4. The van der Waals surface area contributed by atoms with E-state index >= 15 is 0 Å². The van der Waals surface area contributed by atoms with Crippen LogP contribution >= 0.6 is 27.3 Å². The van der Waals surface area contributed by atoms with Crippen LogP contribution in [-0.4, -0.2) is 24.9 Å². The van der Waals surface area contributed by atoms with E-state index in [-0.39, 0.29) is 5.91 Å². The van der Waals surface area contributed by atoms with Gasteiger partial charge in [-0.3, -0.25) is 9.59 Å². The highest BCUT2D eigenvalue weighted by molar-refractivity contribution is 9.11. The smallest absolute Gasteiger partial charge is 0.248 e. The van der Waals surface area contributed by atoms with Gasteiger partial charge < -0.3 is 16.0 Å². The summed E-state index contributed by atoms with van der Waals surface area (Å²) in [6.45, 7) is 1.88. The van der Waals surface area contributed by atoms with Crippen molar-refractivity contribution in [1.82, 2.24) is 0 Å². The van der Waals surface area contributed by atoms with Crippen molar-refractivity contribution in [2.24, 2.45) is 5.73 Å². The molecule has 7 heteroatoms. The van der Waals surface area contributed by atoms with E-state index in [1.54, 1.807) is 29.5 Å². The average molecular weight is 420 g/mol. The van der Waals surface area contributed by atoms with Crippen LogP contribution in [-0.2, 0) is 4.79 Å². The van der Waals surface area contributed by atoms with Gasteiger partial charge in [-0.05, 0) is 65.2 Å². The second-order valence-corrected chi connectivity index (χ2v) is 8.25. The Kier molecular flexibility index (Phi) is 5.55. The van der Waals surface area contributed by atoms with Gasteiger partial charge in [0.25, 0.3) is 0 Å². The van der Waals surface area contributed by atoms with Gasteiger partial charge in [-0.25, -0.2) is 0 Å². The first kappa shape index (κ1) is 17.7. The highest BCUT2D eigenvalue weighted by atomic mass is 79.9. The van der Waals surface area contributed by atoms with E-state index in [0.717, 1.165) is 40.3 Å². The average Bonchev–Trinajstić information content (AvgIpc) is 3.24. The van der Waals surface area contributed by atoms with Gasteiger partial charge in [-0.1, -0.05) is 0 Å². The number of nitrogens with one attached hydrogen (secondary N) is 1. The van der Waals surface area contributed by atoms with Gasteiger partial charge in [-0.15, -0.1) is 11.3 Å². The number of anilines is 2. The van der Waals surface area contributed by atoms with Crippen LogP contribution in [0.5, 0.6) is 0 Å². The van der Waals surface area contributed by atoms with Crippen LogP contribution < -0.4 is 16.0 Å². The third kappa shape index (κ3) is 4.49. The number of benzene rings is 1. The number of primary amides is 1. The molecule has 2 heterocycles. The van der Waals surface area contributed by atoms with Gasteiger partial charge in [-0.2, -0.15) is 0 Å². The second-order valence-electron chi connectivity index (χ2n) is 5.75. The SMILES string of the molecule is NC(=O)c1ccc(N2CCCC2)c(NC(=O)C=Cc2ccc(Br)s2)c1. The molecule has 130 valence electrons. The number of amides is 2. The number of carbonyl (C=O) groups excluding carboxylic acids is 2. The molecule has 0 unspecified atom stereocenters. The van der Waals surface area contributed by atoms with Gasteiger partial charge in [0.1, 0.15) is 0 Å². The van der Waals surface area contributed by atoms with E-state index in [2.05, 4.69) is 26.1 Å². The Morgan fingerprint density at radius 3 is 2.60 bits per heavy atom. The van der Waals surface area contributed by atoms with Crippen molar-refractivity contribution in [3.63, 3.8) is 0 Å². The monoisotopic (exact) mass is 419 g/mol. The van der Waals surface area contributed by atoms with Crippen LogP contribution in [0.3, 0.4) is 0 Å². The Morgan fingerprint density at radius 2 is 1.96 bits per heavy atom. The number of nitrogens with two attached hydrogens (primary N) is 1. The fourth-order valence-electron chi connectivity index (χ4n) is 2.77. The Hall–Kier alpha value is -2.12. The zero-order chi connectivity index (χ0) is 17.8. The number of rotatable bonds is 5. The summed E-state index contributed by atoms with van der Waals surface area (Å²) in [5, 5.41) is 2.88. The minimum Gasteiger partial charge on any atom is -0.370 e. The lowest BCUT2D eigenvalue weighted by atomic mass is 10.1. The lowest BCUT2D eigenvalue weighted by Crippen LogP contribution is -2.21. The number of halogens is 1. The number of hydrogen-bond donors (Lipinski definition) is 2. The second kappa shape index (κ2) is 7.84. The molecular weight excluding hydrogens is 402 g/mol. The molecule has 5 nitrogen and oxygen atoms in total. The Balaban J connectivity index is 1.81. The molecule has 3 N–H and O–H groups in total. The molecule has 0 radical (unpaired) electrons. The zero-order valence-corrected chi connectivity index (χ0v) is 15.9. The summed E-state index contributed by atoms with van der Waals surface area (Å²) in [4.78, 5) is 27.0. The standard InChI is InChI=1S/C18H18BrN3O2S/c19-16-7-4-13(25-16)5-8-17(23)21-14-11-12(18(20)24)3-6-15(14)22-9-1-2-10-22/h3-8,11H,1-2,9-10H2,(H2,20,24)(H,21,23). The zero-order valence-electron chi connectivity index (χ0n) is 13.5. The normalized spacial score (nSPS) is 14.2. The molecule has 0 atom stereocenters. The summed E-state index contributed by atoms with van der Waals surface area (Å²) in [6, 6.07) is 9.06. The number of carbonyl (C=O) groups is 2. The first-order chi connectivity index (χ1) is 12.0. The number of thiophene rings is 1. The van der Waals surface area contributed by atoms with Crippen LogP contribution in [0.4, 0.5) is 11.4 Å².